The van der Waals surface area contributed by atoms with Crippen LogP contribution in [0.2, 0.25) is 0 Å². The number of nitrogens with zero attached hydrogens (tertiary/aromatic N) is 3. The third-order valence-electron chi connectivity index (χ3n) is 3.12. The topological polar surface area (TPSA) is 86.5 Å². The molecule has 0 unspecified atom stereocenters. The lowest BCUT2D eigenvalue weighted by atomic mass is 10.2. The van der Waals surface area contributed by atoms with Crippen LogP contribution in [0, 0.1) is 0 Å². The molecule has 0 saturated heterocycles. The second-order valence-corrected chi connectivity index (χ2v) is 4.60. The van der Waals surface area contributed by atoms with Crippen molar-refractivity contribution in [3.63, 3.8) is 0 Å². The number of hydrogen-bond donors (Lipinski definition) is 1. The number of aryl methyl sites for hydroxylation is 1. The highest BCUT2D eigenvalue weighted by atomic mass is 16.5. The molecule has 1 aromatic heterocycles. The number of unbranched alkanes of at least 4 members (excludes halogenated alkanes) is 1. The van der Waals surface area contributed by atoms with E-state index in [2.05, 4.69) is 10.3 Å². The van der Waals surface area contributed by atoms with Crippen molar-refractivity contribution in [3.8, 4) is 0 Å². The van der Waals surface area contributed by atoms with Crippen molar-refractivity contribution in [2.24, 2.45) is 0 Å². The Hall–Kier alpha value is -1.99. The number of methoxy groups -OCH3 is 1. The minimum Gasteiger partial charge on any atom is -0.478 e. The molecule has 2 aromatic rings. The predicted molar refractivity (Wildman–Crippen MR) is 76.4 cm³/mol. The summed E-state index contributed by atoms with van der Waals surface area (Å²) in [7, 11) is 1.64. The maximum Gasteiger partial charge on any atom is 0.338 e. The summed E-state index contributed by atoms with van der Waals surface area (Å²) in [5.74, 6) is -0.987. The van der Waals surface area contributed by atoms with Crippen LogP contribution in [-0.2, 0) is 16.0 Å². The fourth-order valence-corrected chi connectivity index (χ4v) is 2.04. The minimum absolute atomic E-state index is 0.182. The Balaban J connectivity index is 1.88. The standard InChI is InChI=1S/C14H19N3O4/c1-20-9-10-21-8-3-2-7-17-12-6-4-5-11(14(18)19)13(12)15-16-17/h4-6H,2-3,7-10H2,1H3,(H,18,19). The van der Waals surface area contributed by atoms with E-state index in [1.165, 1.54) is 6.07 Å². The zero-order chi connectivity index (χ0) is 15.1. The highest BCUT2D eigenvalue weighted by Gasteiger charge is 2.13. The van der Waals surface area contributed by atoms with Gasteiger partial charge in [0.05, 0.1) is 24.3 Å². The molecule has 114 valence electrons. The van der Waals surface area contributed by atoms with Gasteiger partial charge in [-0.2, -0.15) is 0 Å². The van der Waals surface area contributed by atoms with Crippen molar-refractivity contribution >= 4 is 17.0 Å². The molecule has 21 heavy (non-hydrogen) atoms. The Kier molecular flexibility index (Phi) is 5.65. The number of hydrogen-bond acceptors (Lipinski definition) is 5. The van der Waals surface area contributed by atoms with Gasteiger partial charge in [0.1, 0.15) is 5.52 Å². The zero-order valence-corrected chi connectivity index (χ0v) is 12.0. The smallest absolute Gasteiger partial charge is 0.338 e. The van der Waals surface area contributed by atoms with Gasteiger partial charge in [-0.3, -0.25) is 0 Å². The van der Waals surface area contributed by atoms with Crippen LogP contribution in [0.15, 0.2) is 18.2 Å². The Morgan fingerprint density at radius 1 is 1.29 bits per heavy atom. The largest absolute Gasteiger partial charge is 0.478 e. The molecule has 1 aromatic carbocycles. The lowest BCUT2D eigenvalue weighted by Crippen LogP contribution is -2.05. The van der Waals surface area contributed by atoms with Crippen LogP contribution in [0.4, 0.5) is 0 Å². The molecule has 0 aliphatic carbocycles. The van der Waals surface area contributed by atoms with Crippen molar-refractivity contribution < 1.29 is 19.4 Å². The highest BCUT2D eigenvalue weighted by Crippen LogP contribution is 2.16. The Morgan fingerprint density at radius 2 is 2.14 bits per heavy atom. The number of aromatic nitrogens is 3. The first-order valence-electron chi connectivity index (χ1n) is 6.86. The summed E-state index contributed by atoms with van der Waals surface area (Å²) in [4.78, 5) is 11.1. The van der Waals surface area contributed by atoms with Crippen molar-refractivity contribution in [2.45, 2.75) is 19.4 Å². The van der Waals surface area contributed by atoms with Gasteiger partial charge in [0.15, 0.2) is 0 Å². The van der Waals surface area contributed by atoms with E-state index in [4.69, 9.17) is 14.6 Å². The molecule has 0 atom stereocenters. The molecular formula is C14H19N3O4. The van der Waals surface area contributed by atoms with Gasteiger partial charge in [0, 0.05) is 20.3 Å². The third-order valence-corrected chi connectivity index (χ3v) is 3.12. The maximum absolute atomic E-state index is 11.1. The molecular weight excluding hydrogens is 274 g/mol. The maximum atomic E-state index is 11.1. The number of rotatable bonds is 9. The summed E-state index contributed by atoms with van der Waals surface area (Å²) >= 11 is 0. The number of carboxylic acid groups (broad SMARTS) is 1. The molecule has 0 radical (unpaired) electrons. The van der Waals surface area contributed by atoms with Crippen LogP contribution in [0.25, 0.3) is 11.0 Å². The summed E-state index contributed by atoms with van der Waals surface area (Å²) in [6.45, 7) is 2.57. The second kappa shape index (κ2) is 7.70. The van der Waals surface area contributed by atoms with Gasteiger partial charge in [-0.05, 0) is 25.0 Å². The van der Waals surface area contributed by atoms with E-state index >= 15 is 0 Å². The van der Waals surface area contributed by atoms with Crippen LogP contribution in [-0.4, -0.2) is 53.0 Å². The summed E-state index contributed by atoms with van der Waals surface area (Å²) < 4.78 is 12.0. The molecule has 0 fully saturated rings. The number of ether oxygens (including phenoxy) is 2. The Labute approximate surface area is 122 Å². The van der Waals surface area contributed by atoms with Crippen molar-refractivity contribution in [2.75, 3.05) is 26.9 Å². The van der Waals surface area contributed by atoms with Crippen molar-refractivity contribution in [1.29, 1.82) is 0 Å². The summed E-state index contributed by atoms with van der Waals surface area (Å²) in [5.41, 5.74) is 1.36. The van der Waals surface area contributed by atoms with E-state index in [0.717, 1.165) is 18.4 Å². The first kappa shape index (κ1) is 15.4. The molecule has 7 nitrogen and oxygen atoms in total. The number of fused-ring (bicyclic) bond motifs is 1. The number of benzene rings is 1. The van der Waals surface area contributed by atoms with Gasteiger partial charge in [0.2, 0.25) is 0 Å². The quantitative estimate of drug-likeness (QED) is 0.706. The summed E-state index contributed by atoms with van der Waals surface area (Å²) in [6, 6.07) is 5.07. The first-order valence-corrected chi connectivity index (χ1v) is 6.86. The van der Waals surface area contributed by atoms with Gasteiger partial charge in [-0.15, -0.1) is 5.10 Å². The molecule has 0 aliphatic heterocycles. The van der Waals surface area contributed by atoms with Crippen LogP contribution in [0.1, 0.15) is 23.2 Å². The van der Waals surface area contributed by atoms with Gasteiger partial charge < -0.3 is 14.6 Å². The molecule has 2 rings (SSSR count). The van der Waals surface area contributed by atoms with Gasteiger partial charge in [-0.1, -0.05) is 11.3 Å². The summed E-state index contributed by atoms with van der Waals surface area (Å²) in [6.07, 6.45) is 1.80. The monoisotopic (exact) mass is 293 g/mol. The fraction of sp³-hybridized carbons (Fsp3) is 0.500. The average molecular weight is 293 g/mol. The van der Waals surface area contributed by atoms with Crippen LogP contribution in [0.5, 0.6) is 0 Å². The normalized spacial score (nSPS) is 11.1. The van der Waals surface area contributed by atoms with Gasteiger partial charge in [-0.25, -0.2) is 9.48 Å². The molecule has 7 heteroatoms. The Morgan fingerprint density at radius 3 is 2.90 bits per heavy atom. The van der Waals surface area contributed by atoms with E-state index in [1.54, 1.807) is 17.9 Å². The molecule has 0 amide bonds. The van der Waals surface area contributed by atoms with E-state index in [9.17, 15) is 4.79 Å². The summed E-state index contributed by atoms with van der Waals surface area (Å²) in [5, 5.41) is 17.1. The van der Waals surface area contributed by atoms with E-state index < -0.39 is 5.97 Å². The van der Waals surface area contributed by atoms with Crippen LogP contribution >= 0.6 is 0 Å². The van der Waals surface area contributed by atoms with Crippen LogP contribution < -0.4 is 0 Å². The van der Waals surface area contributed by atoms with Crippen LogP contribution in [0.3, 0.4) is 0 Å². The van der Waals surface area contributed by atoms with E-state index in [-0.39, 0.29) is 5.56 Å². The molecule has 0 bridgehead atoms. The molecule has 0 saturated carbocycles. The fourth-order valence-electron chi connectivity index (χ4n) is 2.04. The van der Waals surface area contributed by atoms with Gasteiger partial charge >= 0.3 is 5.97 Å². The van der Waals surface area contributed by atoms with E-state index in [0.29, 0.717) is 31.9 Å². The Bertz CT molecular complexity index is 597. The highest BCUT2D eigenvalue weighted by molar-refractivity contribution is 6.00. The number of aromatic carboxylic acids is 1. The second-order valence-electron chi connectivity index (χ2n) is 4.60. The predicted octanol–water partition coefficient (Wildman–Crippen LogP) is 1.57. The SMILES string of the molecule is COCCOCCCCn1nnc2c(C(=O)O)cccc21. The lowest BCUT2D eigenvalue weighted by molar-refractivity contribution is 0.0683. The third kappa shape index (κ3) is 3.99. The van der Waals surface area contributed by atoms with Gasteiger partial charge in [0.25, 0.3) is 0 Å². The molecule has 0 spiro atoms. The number of carbonyl (C=O) groups is 1. The lowest BCUT2D eigenvalue weighted by Gasteiger charge is -2.04. The zero-order valence-electron chi connectivity index (χ0n) is 12.0. The minimum atomic E-state index is -0.987. The van der Waals surface area contributed by atoms with Crippen molar-refractivity contribution in [1.82, 2.24) is 15.0 Å². The molecule has 1 N–H and O–H groups in total. The molecule has 1 heterocycles. The molecule has 0 aliphatic rings. The van der Waals surface area contributed by atoms with E-state index in [1.807, 2.05) is 6.07 Å². The first-order chi connectivity index (χ1) is 10.2. The average Bonchev–Trinajstić information content (AvgIpc) is 2.89. The van der Waals surface area contributed by atoms with Crippen molar-refractivity contribution in [3.05, 3.63) is 23.8 Å². The number of carboxylic acids is 1.